The molecule has 0 bridgehead atoms. The molecule has 0 aliphatic heterocycles. The van der Waals surface area contributed by atoms with Crippen molar-refractivity contribution in [3.05, 3.63) is 22.4 Å². The Morgan fingerprint density at radius 1 is 1.60 bits per heavy atom. The highest BCUT2D eigenvalue weighted by Gasteiger charge is 2.17. The van der Waals surface area contributed by atoms with Crippen LogP contribution in [0.15, 0.2) is 17.5 Å². The zero-order valence-corrected chi connectivity index (χ0v) is 8.87. The molecule has 5 heteroatoms. The molecule has 0 amide bonds. The normalized spacial score (nSPS) is 14.5. The first-order chi connectivity index (χ1) is 7.15. The molecule has 0 spiro atoms. The minimum Gasteiger partial charge on any atom is -0.480 e. The number of carbonyl (C=O) groups is 1. The summed E-state index contributed by atoms with van der Waals surface area (Å²) in [6.45, 7) is 0. The predicted molar refractivity (Wildman–Crippen MR) is 57.6 cm³/mol. The van der Waals surface area contributed by atoms with Crippen LogP contribution in [-0.2, 0) is 9.59 Å². The molecule has 1 aromatic rings. The van der Waals surface area contributed by atoms with Crippen molar-refractivity contribution in [2.24, 2.45) is 5.73 Å². The lowest BCUT2D eigenvalue weighted by molar-refractivity contribution is -0.138. The van der Waals surface area contributed by atoms with Crippen molar-refractivity contribution in [1.82, 2.24) is 0 Å². The molecule has 0 fully saturated rings. The van der Waals surface area contributed by atoms with E-state index in [1.165, 1.54) is 11.3 Å². The van der Waals surface area contributed by atoms with Crippen molar-refractivity contribution in [1.29, 1.82) is 0 Å². The van der Waals surface area contributed by atoms with E-state index in [9.17, 15) is 9.59 Å². The van der Waals surface area contributed by atoms with Crippen LogP contribution in [0.2, 0.25) is 0 Å². The monoisotopic (exact) mass is 226 g/mol. The van der Waals surface area contributed by atoms with Gasteiger partial charge in [0.1, 0.15) is 6.04 Å². The maximum absolute atomic E-state index is 10.7. The topological polar surface area (TPSA) is 80.4 Å². The van der Waals surface area contributed by atoms with Crippen molar-refractivity contribution in [2.75, 3.05) is 0 Å². The molecular formula is C10H12NO3S. The Labute approximate surface area is 91.7 Å². The van der Waals surface area contributed by atoms with Gasteiger partial charge in [0.05, 0.1) is 5.92 Å². The number of hydrogen-bond donors (Lipinski definition) is 2. The van der Waals surface area contributed by atoms with Crippen LogP contribution in [0.4, 0.5) is 0 Å². The van der Waals surface area contributed by atoms with Gasteiger partial charge in [-0.05, 0) is 24.3 Å². The molecule has 2 atom stereocenters. The third-order valence-electron chi connectivity index (χ3n) is 2.11. The summed E-state index contributed by atoms with van der Waals surface area (Å²) in [6, 6.07) is 2.79. The van der Waals surface area contributed by atoms with Gasteiger partial charge in [-0.15, -0.1) is 11.3 Å². The average Bonchev–Trinajstić information content (AvgIpc) is 2.71. The standard InChI is InChI=1S/C10H12NO3S/c11-8(10(13)14)4-3-7(6-12)9-2-1-5-15-9/h1-2,5,7-8H,3-4,11H2,(H,13,14). The van der Waals surface area contributed by atoms with Gasteiger partial charge >= 0.3 is 5.97 Å². The maximum atomic E-state index is 10.7. The van der Waals surface area contributed by atoms with E-state index >= 15 is 0 Å². The molecule has 0 saturated carbocycles. The second-order valence-electron chi connectivity index (χ2n) is 3.21. The van der Waals surface area contributed by atoms with Gasteiger partial charge in [0, 0.05) is 4.88 Å². The molecule has 4 nitrogen and oxygen atoms in total. The third kappa shape index (κ3) is 3.45. The van der Waals surface area contributed by atoms with Crippen molar-refractivity contribution >= 4 is 23.6 Å². The molecule has 1 rings (SSSR count). The second-order valence-corrected chi connectivity index (χ2v) is 4.19. The SMILES string of the molecule is NC(CCC([C]=O)c1cccs1)C(=O)O. The van der Waals surface area contributed by atoms with Gasteiger partial charge in [-0.3, -0.25) is 9.59 Å². The smallest absolute Gasteiger partial charge is 0.320 e. The van der Waals surface area contributed by atoms with Crippen LogP contribution in [0.25, 0.3) is 0 Å². The highest BCUT2D eigenvalue weighted by molar-refractivity contribution is 7.10. The number of carboxylic acids is 1. The fourth-order valence-corrected chi connectivity index (χ4v) is 2.02. The molecule has 81 valence electrons. The Morgan fingerprint density at radius 3 is 2.80 bits per heavy atom. The molecule has 15 heavy (non-hydrogen) atoms. The van der Waals surface area contributed by atoms with E-state index in [1.807, 2.05) is 23.8 Å². The van der Waals surface area contributed by atoms with E-state index < -0.39 is 12.0 Å². The van der Waals surface area contributed by atoms with Crippen molar-refractivity contribution in [3.63, 3.8) is 0 Å². The van der Waals surface area contributed by atoms with E-state index in [0.717, 1.165) is 4.88 Å². The molecule has 3 N–H and O–H groups in total. The zero-order chi connectivity index (χ0) is 11.3. The zero-order valence-electron chi connectivity index (χ0n) is 8.05. The fraction of sp³-hybridized carbons (Fsp3) is 0.400. The van der Waals surface area contributed by atoms with Crippen molar-refractivity contribution < 1.29 is 14.7 Å². The third-order valence-corrected chi connectivity index (χ3v) is 3.10. The summed E-state index contributed by atoms with van der Waals surface area (Å²) in [6.07, 6.45) is 2.62. The number of thiophene rings is 1. The van der Waals surface area contributed by atoms with Gasteiger partial charge in [0.15, 0.2) is 0 Å². The Kier molecular flexibility index (Phi) is 4.45. The largest absolute Gasteiger partial charge is 0.480 e. The number of carboxylic acid groups (broad SMARTS) is 1. The van der Waals surface area contributed by atoms with E-state index in [0.29, 0.717) is 6.42 Å². The van der Waals surface area contributed by atoms with E-state index in [-0.39, 0.29) is 12.3 Å². The van der Waals surface area contributed by atoms with Gasteiger partial charge in [0.25, 0.3) is 0 Å². The van der Waals surface area contributed by atoms with Crippen molar-refractivity contribution in [3.8, 4) is 0 Å². The first-order valence-electron chi connectivity index (χ1n) is 4.54. The molecule has 0 aromatic carbocycles. The number of aliphatic carboxylic acids is 1. The van der Waals surface area contributed by atoms with Crippen LogP contribution in [0.3, 0.4) is 0 Å². The Morgan fingerprint density at radius 2 is 2.33 bits per heavy atom. The highest BCUT2D eigenvalue weighted by Crippen LogP contribution is 2.24. The summed E-state index contributed by atoms with van der Waals surface area (Å²) in [4.78, 5) is 22.1. The number of rotatable bonds is 6. The highest BCUT2D eigenvalue weighted by atomic mass is 32.1. The van der Waals surface area contributed by atoms with Gasteiger partial charge in [-0.25, -0.2) is 0 Å². The lowest BCUT2D eigenvalue weighted by Crippen LogP contribution is -2.30. The van der Waals surface area contributed by atoms with Gasteiger partial charge in [-0.2, -0.15) is 0 Å². The number of nitrogens with two attached hydrogens (primary N) is 1. The summed E-state index contributed by atoms with van der Waals surface area (Å²) in [5.41, 5.74) is 5.35. The Bertz CT molecular complexity index is 323. The van der Waals surface area contributed by atoms with Crippen LogP contribution in [0.5, 0.6) is 0 Å². The summed E-state index contributed by atoms with van der Waals surface area (Å²) in [5.74, 6) is -1.39. The molecule has 0 saturated heterocycles. The van der Waals surface area contributed by atoms with Crippen LogP contribution in [-0.4, -0.2) is 23.4 Å². The Hall–Kier alpha value is -1.20. The molecular weight excluding hydrogens is 214 g/mol. The molecule has 1 heterocycles. The van der Waals surface area contributed by atoms with Gasteiger partial charge in [-0.1, -0.05) is 6.07 Å². The second kappa shape index (κ2) is 5.63. The van der Waals surface area contributed by atoms with Gasteiger partial charge < -0.3 is 10.8 Å². The van der Waals surface area contributed by atoms with Crippen LogP contribution in [0.1, 0.15) is 23.6 Å². The summed E-state index contributed by atoms with van der Waals surface area (Å²) >= 11 is 1.46. The molecule has 2 unspecified atom stereocenters. The van der Waals surface area contributed by atoms with Gasteiger partial charge in [0.2, 0.25) is 6.29 Å². The van der Waals surface area contributed by atoms with Crippen molar-refractivity contribution in [2.45, 2.75) is 24.8 Å². The minimum absolute atomic E-state index is 0.285. The van der Waals surface area contributed by atoms with Crippen LogP contribution >= 0.6 is 11.3 Å². The number of carbonyl (C=O) groups excluding carboxylic acids is 1. The van der Waals surface area contributed by atoms with E-state index in [1.54, 1.807) is 0 Å². The first-order valence-corrected chi connectivity index (χ1v) is 5.42. The molecule has 1 aromatic heterocycles. The maximum Gasteiger partial charge on any atom is 0.320 e. The first kappa shape index (κ1) is 11.9. The van der Waals surface area contributed by atoms with E-state index in [4.69, 9.17) is 10.8 Å². The van der Waals surface area contributed by atoms with Crippen LogP contribution < -0.4 is 5.73 Å². The molecule has 0 aliphatic rings. The number of hydrogen-bond acceptors (Lipinski definition) is 4. The van der Waals surface area contributed by atoms with E-state index in [2.05, 4.69) is 0 Å². The fourth-order valence-electron chi connectivity index (χ4n) is 1.22. The molecule has 0 aliphatic carbocycles. The van der Waals surface area contributed by atoms with Crippen LogP contribution in [0, 0.1) is 0 Å². The quantitative estimate of drug-likeness (QED) is 0.762. The molecule has 1 radical (unpaired) electrons. The minimum atomic E-state index is -1.04. The summed E-state index contributed by atoms with van der Waals surface area (Å²) < 4.78 is 0. The summed E-state index contributed by atoms with van der Waals surface area (Å²) in [7, 11) is 0. The predicted octanol–water partition coefficient (Wildman–Crippen LogP) is 1.13. The average molecular weight is 226 g/mol. The summed E-state index contributed by atoms with van der Waals surface area (Å²) in [5, 5.41) is 10.4. The lowest BCUT2D eigenvalue weighted by Gasteiger charge is -2.09. The lowest BCUT2D eigenvalue weighted by atomic mass is 10.00. The Balaban J connectivity index is 2.49.